The molecule has 19 heavy (non-hydrogen) atoms. The Balaban J connectivity index is 2.15. The highest BCUT2D eigenvalue weighted by Gasteiger charge is 2.03. The van der Waals surface area contributed by atoms with Gasteiger partial charge in [0.2, 0.25) is 0 Å². The van der Waals surface area contributed by atoms with E-state index in [-0.39, 0.29) is 21.7 Å². The summed E-state index contributed by atoms with van der Waals surface area (Å²) in [5.74, 6) is -0.912. The molecule has 0 spiro atoms. The van der Waals surface area contributed by atoms with E-state index < -0.39 is 5.82 Å². The molecule has 0 aliphatic heterocycles. The van der Waals surface area contributed by atoms with Crippen molar-refractivity contribution in [1.29, 1.82) is 0 Å². The van der Waals surface area contributed by atoms with Crippen LogP contribution in [0.3, 0.4) is 0 Å². The maximum Gasteiger partial charge on any atom is 0.156 e. The van der Waals surface area contributed by atoms with Crippen LogP contribution in [-0.4, -0.2) is 5.17 Å². The van der Waals surface area contributed by atoms with Crippen molar-refractivity contribution >= 4 is 34.1 Å². The van der Waals surface area contributed by atoms with Crippen molar-refractivity contribution in [2.45, 2.75) is 0 Å². The summed E-state index contributed by atoms with van der Waals surface area (Å²) in [6.07, 6.45) is 0. The van der Waals surface area contributed by atoms with Crippen molar-refractivity contribution in [2.24, 2.45) is 5.10 Å². The minimum absolute atomic E-state index is 0.0920. The lowest BCUT2D eigenvalue weighted by atomic mass is 10.2. The number of nitrogens with one attached hydrogen (secondary N) is 1. The van der Waals surface area contributed by atoms with Crippen molar-refractivity contribution in [3.05, 3.63) is 64.7 Å². The van der Waals surface area contributed by atoms with Crippen LogP contribution in [-0.2, 0) is 0 Å². The lowest BCUT2D eigenvalue weighted by molar-refractivity contribution is 0.628. The van der Waals surface area contributed by atoms with E-state index in [2.05, 4.69) is 10.5 Å². The third-order valence-electron chi connectivity index (χ3n) is 2.29. The largest absolute Gasteiger partial charge is 0.274 e. The zero-order chi connectivity index (χ0) is 13.8. The summed E-state index contributed by atoms with van der Waals surface area (Å²) in [5, 5.41) is 4.19. The molecule has 0 atom stereocenters. The number of hydrazone groups is 1. The predicted octanol–water partition coefficient (Wildman–Crippen LogP) is 4.63. The van der Waals surface area contributed by atoms with E-state index in [1.807, 2.05) is 0 Å². The summed E-state index contributed by atoms with van der Waals surface area (Å²) in [6.45, 7) is 0. The Bertz CT molecular complexity index is 613. The van der Waals surface area contributed by atoms with Crippen LogP contribution in [0.2, 0.25) is 5.02 Å². The standard InChI is InChI=1S/C13H8Cl2F2N2/c14-9-3-6-12(11(17)7-9)18-19-13(15)8-1-4-10(16)5-2-8/h1-7,18H. The molecule has 0 aliphatic carbocycles. The molecule has 0 saturated heterocycles. The van der Waals surface area contributed by atoms with Crippen LogP contribution in [0.4, 0.5) is 14.5 Å². The molecule has 2 aromatic carbocycles. The first-order valence-corrected chi connectivity index (χ1v) is 6.02. The number of hydrogen-bond acceptors (Lipinski definition) is 2. The van der Waals surface area contributed by atoms with Crippen LogP contribution in [0.25, 0.3) is 0 Å². The Morgan fingerprint density at radius 3 is 2.37 bits per heavy atom. The number of nitrogens with zero attached hydrogens (tertiary/aromatic N) is 1. The van der Waals surface area contributed by atoms with Gasteiger partial charge in [-0.2, -0.15) is 5.10 Å². The second-order valence-electron chi connectivity index (χ2n) is 3.65. The third kappa shape index (κ3) is 3.66. The van der Waals surface area contributed by atoms with Crippen molar-refractivity contribution in [3.8, 4) is 0 Å². The molecule has 0 saturated carbocycles. The third-order valence-corrected chi connectivity index (χ3v) is 2.83. The molecule has 0 heterocycles. The molecule has 0 fully saturated rings. The summed E-state index contributed by atoms with van der Waals surface area (Å²) in [5.41, 5.74) is 3.14. The summed E-state index contributed by atoms with van der Waals surface area (Å²) < 4.78 is 26.2. The van der Waals surface area contributed by atoms with Gasteiger partial charge in [-0.05, 0) is 42.5 Å². The van der Waals surface area contributed by atoms with E-state index in [1.165, 1.54) is 36.4 Å². The smallest absolute Gasteiger partial charge is 0.156 e. The molecule has 2 aromatic rings. The molecule has 2 rings (SSSR count). The van der Waals surface area contributed by atoms with Crippen molar-refractivity contribution in [2.75, 3.05) is 5.43 Å². The van der Waals surface area contributed by atoms with Gasteiger partial charge in [0, 0.05) is 10.6 Å². The molecule has 6 heteroatoms. The van der Waals surface area contributed by atoms with Crippen LogP contribution in [0.15, 0.2) is 47.6 Å². The van der Waals surface area contributed by atoms with Gasteiger partial charge in [-0.15, -0.1) is 0 Å². The summed E-state index contributed by atoms with van der Waals surface area (Å²) in [6, 6.07) is 9.59. The topological polar surface area (TPSA) is 24.4 Å². The SMILES string of the molecule is Fc1ccc(C(Cl)=NNc2ccc(Cl)cc2F)cc1. The van der Waals surface area contributed by atoms with E-state index >= 15 is 0 Å². The lowest BCUT2D eigenvalue weighted by Gasteiger charge is -2.04. The average molecular weight is 301 g/mol. The van der Waals surface area contributed by atoms with Crippen molar-refractivity contribution in [1.82, 2.24) is 0 Å². The maximum atomic E-state index is 13.4. The van der Waals surface area contributed by atoms with Gasteiger partial charge in [-0.25, -0.2) is 8.78 Å². The Labute approximate surface area is 118 Å². The molecule has 1 N–H and O–H groups in total. The molecule has 0 unspecified atom stereocenters. The van der Waals surface area contributed by atoms with Gasteiger partial charge in [0.05, 0.1) is 5.69 Å². The van der Waals surface area contributed by atoms with Gasteiger partial charge in [0.25, 0.3) is 0 Å². The first kappa shape index (κ1) is 13.8. The maximum absolute atomic E-state index is 13.4. The molecule has 0 radical (unpaired) electrons. The highest BCUT2D eigenvalue weighted by molar-refractivity contribution is 6.69. The molecular formula is C13H8Cl2F2N2. The minimum atomic E-state index is -0.542. The highest BCUT2D eigenvalue weighted by Crippen LogP contribution is 2.19. The van der Waals surface area contributed by atoms with Crippen molar-refractivity contribution < 1.29 is 8.78 Å². The highest BCUT2D eigenvalue weighted by atomic mass is 35.5. The summed E-state index contributed by atoms with van der Waals surface area (Å²) in [7, 11) is 0. The number of halogens is 4. The summed E-state index contributed by atoms with van der Waals surface area (Å²) in [4.78, 5) is 0. The van der Waals surface area contributed by atoms with Crippen LogP contribution in [0, 0.1) is 11.6 Å². The fraction of sp³-hybridized carbons (Fsp3) is 0. The molecular weight excluding hydrogens is 293 g/mol. The van der Waals surface area contributed by atoms with E-state index in [9.17, 15) is 8.78 Å². The zero-order valence-electron chi connectivity index (χ0n) is 9.50. The predicted molar refractivity (Wildman–Crippen MR) is 73.8 cm³/mol. The Hall–Kier alpha value is -1.65. The molecule has 98 valence electrons. The molecule has 2 nitrogen and oxygen atoms in total. The normalized spacial score (nSPS) is 11.5. The molecule has 0 bridgehead atoms. The van der Waals surface area contributed by atoms with Crippen LogP contribution >= 0.6 is 23.2 Å². The van der Waals surface area contributed by atoms with Crippen LogP contribution in [0.5, 0.6) is 0 Å². The second kappa shape index (κ2) is 5.99. The van der Waals surface area contributed by atoms with E-state index in [4.69, 9.17) is 23.2 Å². The quantitative estimate of drug-likeness (QED) is 0.648. The summed E-state index contributed by atoms with van der Waals surface area (Å²) >= 11 is 11.5. The van der Waals surface area contributed by atoms with Crippen molar-refractivity contribution in [3.63, 3.8) is 0 Å². The van der Waals surface area contributed by atoms with Gasteiger partial charge < -0.3 is 0 Å². The van der Waals surface area contributed by atoms with Gasteiger partial charge in [-0.1, -0.05) is 23.2 Å². The first-order chi connectivity index (χ1) is 9.06. The Kier molecular flexibility index (Phi) is 4.35. The fourth-order valence-corrected chi connectivity index (χ4v) is 1.67. The lowest BCUT2D eigenvalue weighted by Crippen LogP contribution is -1.98. The second-order valence-corrected chi connectivity index (χ2v) is 4.44. The fourth-order valence-electron chi connectivity index (χ4n) is 1.34. The Morgan fingerprint density at radius 1 is 1.05 bits per heavy atom. The van der Waals surface area contributed by atoms with Gasteiger partial charge in [-0.3, -0.25) is 5.43 Å². The number of anilines is 1. The van der Waals surface area contributed by atoms with E-state index in [0.29, 0.717) is 5.56 Å². The molecule has 0 aliphatic rings. The Morgan fingerprint density at radius 2 is 1.74 bits per heavy atom. The average Bonchev–Trinajstić information content (AvgIpc) is 2.38. The zero-order valence-corrected chi connectivity index (χ0v) is 11.0. The molecule has 0 aromatic heterocycles. The first-order valence-electron chi connectivity index (χ1n) is 5.26. The monoisotopic (exact) mass is 300 g/mol. The minimum Gasteiger partial charge on any atom is -0.274 e. The number of rotatable bonds is 3. The number of benzene rings is 2. The van der Waals surface area contributed by atoms with Gasteiger partial charge in [0.1, 0.15) is 11.6 Å². The van der Waals surface area contributed by atoms with Gasteiger partial charge in [0.15, 0.2) is 5.17 Å². The molecule has 0 amide bonds. The van der Waals surface area contributed by atoms with E-state index in [1.54, 1.807) is 0 Å². The van der Waals surface area contributed by atoms with Crippen LogP contribution in [0.1, 0.15) is 5.56 Å². The van der Waals surface area contributed by atoms with E-state index in [0.717, 1.165) is 6.07 Å². The van der Waals surface area contributed by atoms with Crippen LogP contribution < -0.4 is 5.43 Å². The van der Waals surface area contributed by atoms with Gasteiger partial charge >= 0.3 is 0 Å². The number of hydrogen-bond donors (Lipinski definition) is 1.